The Morgan fingerprint density at radius 1 is 1.30 bits per heavy atom. The third-order valence-electron chi connectivity index (χ3n) is 4.70. The van der Waals surface area contributed by atoms with Gasteiger partial charge in [-0.25, -0.2) is 0 Å². The molecule has 2 heteroatoms. The van der Waals surface area contributed by atoms with Crippen LogP contribution in [0.3, 0.4) is 0 Å². The van der Waals surface area contributed by atoms with Gasteiger partial charge in [-0.2, -0.15) is 0 Å². The molecule has 0 fully saturated rings. The van der Waals surface area contributed by atoms with Crippen LogP contribution in [-0.4, -0.2) is 19.6 Å². The number of fused-ring (bicyclic) bond motifs is 1. The van der Waals surface area contributed by atoms with Crippen LogP contribution in [0.25, 0.3) is 0 Å². The van der Waals surface area contributed by atoms with Crippen molar-refractivity contribution in [2.24, 2.45) is 11.7 Å². The van der Waals surface area contributed by atoms with E-state index in [2.05, 4.69) is 43.0 Å². The van der Waals surface area contributed by atoms with E-state index in [0.29, 0.717) is 5.92 Å². The largest absolute Gasteiger partial charge is 0.370 e. The van der Waals surface area contributed by atoms with Gasteiger partial charge in [0.15, 0.2) is 0 Å². The fourth-order valence-corrected chi connectivity index (χ4v) is 3.43. The maximum Gasteiger partial charge on any atom is 0.0402 e. The van der Waals surface area contributed by atoms with Crippen LogP contribution in [0.15, 0.2) is 24.3 Å². The maximum atomic E-state index is 5.79. The van der Waals surface area contributed by atoms with Crippen molar-refractivity contribution < 1.29 is 0 Å². The molecule has 0 bridgehead atoms. The number of unbranched alkanes of at least 4 members (excludes halogenated alkanes) is 1. The second kappa shape index (κ2) is 7.68. The topological polar surface area (TPSA) is 29.3 Å². The minimum atomic E-state index is 0.639. The summed E-state index contributed by atoms with van der Waals surface area (Å²) in [6.45, 7) is 7.79. The number of para-hydroxylation sites is 1. The third-order valence-corrected chi connectivity index (χ3v) is 4.70. The van der Waals surface area contributed by atoms with Gasteiger partial charge < -0.3 is 10.6 Å². The van der Waals surface area contributed by atoms with Crippen LogP contribution in [0, 0.1) is 5.92 Å². The van der Waals surface area contributed by atoms with Crippen LogP contribution in [0.2, 0.25) is 0 Å². The van der Waals surface area contributed by atoms with Gasteiger partial charge in [0, 0.05) is 24.7 Å². The molecule has 1 aromatic carbocycles. The Bertz CT molecular complexity index is 402. The molecule has 2 rings (SSSR count). The number of nitrogens with two attached hydrogens (primary N) is 1. The van der Waals surface area contributed by atoms with Crippen molar-refractivity contribution in [1.29, 1.82) is 0 Å². The molecule has 1 aliphatic heterocycles. The average Bonchev–Trinajstić information content (AvgIpc) is 2.82. The molecule has 2 unspecified atom stereocenters. The standard InChI is InChI=1S/C18H30N2/c1-3-5-8-15(4-2)13-20-14-16(11-12-19)17-9-6-7-10-18(17)20/h6-7,9-10,15-16H,3-5,8,11-14,19H2,1-2H3. The Hall–Kier alpha value is -1.02. The van der Waals surface area contributed by atoms with E-state index in [-0.39, 0.29) is 0 Å². The first-order valence-corrected chi connectivity index (χ1v) is 8.34. The highest BCUT2D eigenvalue weighted by molar-refractivity contribution is 5.60. The van der Waals surface area contributed by atoms with E-state index in [1.165, 1.54) is 50.0 Å². The smallest absolute Gasteiger partial charge is 0.0402 e. The Kier molecular flexibility index (Phi) is 5.90. The lowest BCUT2D eigenvalue weighted by atomic mass is 9.98. The van der Waals surface area contributed by atoms with E-state index in [4.69, 9.17) is 5.73 Å². The minimum absolute atomic E-state index is 0.639. The number of benzene rings is 1. The molecule has 1 aromatic rings. The molecular formula is C18H30N2. The molecule has 0 radical (unpaired) electrons. The highest BCUT2D eigenvalue weighted by Gasteiger charge is 2.28. The van der Waals surface area contributed by atoms with Crippen LogP contribution in [0.1, 0.15) is 57.4 Å². The Morgan fingerprint density at radius 3 is 2.80 bits per heavy atom. The molecule has 112 valence electrons. The van der Waals surface area contributed by atoms with Crippen LogP contribution >= 0.6 is 0 Å². The van der Waals surface area contributed by atoms with Gasteiger partial charge in [0.05, 0.1) is 0 Å². The molecule has 0 saturated carbocycles. The summed E-state index contributed by atoms with van der Waals surface area (Å²) in [5.41, 5.74) is 8.76. The first-order chi connectivity index (χ1) is 9.80. The van der Waals surface area contributed by atoms with E-state index in [9.17, 15) is 0 Å². The van der Waals surface area contributed by atoms with Crippen molar-refractivity contribution in [2.75, 3.05) is 24.5 Å². The second-order valence-electron chi connectivity index (χ2n) is 6.15. The molecule has 0 saturated heterocycles. The van der Waals surface area contributed by atoms with Crippen molar-refractivity contribution in [1.82, 2.24) is 0 Å². The molecule has 2 N–H and O–H groups in total. The van der Waals surface area contributed by atoms with Gasteiger partial charge >= 0.3 is 0 Å². The highest BCUT2D eigenvalue weighted by atomic mass is 15.2. The summed E-state index contributed by atoms with van der Waals surface area (Å²) in [6, 6.07) is 8.92. The summed E-state index contributed by atoms with van der Waals surface area (Å²) in [4.78, 5) is 2.61. The van der Waals surface area contributed by atoms with Gasteiger partial charge in [-0.1, -0.05) is 51.3 Å². The molecule has 0 amide bonds. The van der Waals surface area contributed by atoms with Gasteiger partial charge in [0.2, 0.25) is 0 Å². The van der Waals surface area contributed by atoms with E-state index < -0.39 is 0 Å². The number of anilines is 1. The van der Waals surface area contributed by atoms with Crippen molar-refractivity contribution in [3.05, 3.63) is 29.8 Å². The normalized spacial score (nSPS) is 19.1. The predicted octanol–water partition coefficient (Wildman–Crippen LogP) is 4.16. The summed E-state index contributed by atoms with van der Waals surface area (Å²) in [5, 5.41) is 0. The monoisotopic (exact) mass is 274 g/mol. The molecular weight excluding hydrogens is 244 g/mol. The molecule has 0 aliphatic carbocycles. The molecule has 0 spiro atoms. The Balaban J connectivity index is 2.05. The Morgan fingerprint density at radius 2 is 2.10 bits per heavy atom. The maximum absolute atomic E-state index is 5.79. The molecule has 2 nitrogen and oxygen atoms in total. The fraction of sp³-hybridized carbons (Fsp3) is 0.667. The summed E-state index contributed by atoms with van der Waals surface area (Å²) >= 11 is 0. The van der Waals surface area contributed by atoms with Crippen LogP contribution < -0.4 is 10.6 Å². The molecule has 2 atom stereocenters. The SMILES string of the molecule is CCCCC(CC)CN1CC(CCN)c2ccccc21. The van der Waals surface area contributed by atoms with E-state index in [1.807, 2.05) is 0 Å². The van der Waals surface area contributed by atoms with E-state index in [0.717, 1.165) is 18.9 Å². The summed E-state index contributed by atoms with van der Waals surface area (Å²) < 4.78 is 0. The van der Waals surface area contributed by atoms with Gasteiger partial charge in [0.1, 0.15) is 0 Å². The zero-order chi connectivity index (χ0) is 14.4. The third kappa shape index (κ3) is 3.54. The Labute approximate surface area is 124 Å². The summed E-state index contributed by atoms with van der Waals surface area (Å²) in [7, 11) is 0. The minimum Gasteiger partial charge on any atom is -0.370 e. The number of hydrogen-bond acceptors (Lipinski definition) is 2. The van der Waals surface area contributed by atoms with Crippen LogP contribution in [0.5, 0.6) is 0 Å². The number of hydrogen-bond donors (Lipinski definition) is 1. The highest BCUT2D eigenvalue weighted by Crippen LogP contribution is 2.38. The number of rotatable bonds is 8. The van der Waals surface area contributed by atoms with E-state index >= 15 is 0 Å². The lowest BCUT2D eigenvalue weighted by Crippen LogP contribution is -2.28. The fourth-order valence-electron chi connectivity index (χ4n) is 3.43. The van der Waals surface area contributed by atoms with Crippen LogP contribution in [0.4, 0.5) is 5.69 Å². The molecule has 1 heterocycles. The first kappa shape index (κ1) is 15.4. The zero-order valence-corrected chi connectivity index (χ0v) is 13.1. The average molecular weight is 274 g/mol. The van der Waals surface area contributed by atoms with Gasteiger partial charge in [-0.05, 0) is 36.9 Å². The summed E-state index contributed by atoms with van der Waals surface area (Å²) in [6.07, 6.45) is 6.44. The van der Waals surface area contributed by atoms with Gasteiger partial charge in [0.25, 0.3) is 0 Å². The van der Waals surface area contributed by atoms with Gasteiger partial charge in [-0.3, -0.25) is 0 Å². The van der Waals surface area contributed by atoms with Gasteiger partial charge in [-0.15, -0.1) is 0 Å². The van der Waals surface area contributed by atoms with Crippen molar-refractivity contribution in [3.63, 3.8) is 0 Å². The molecule has 1 aliphatic rings. The predicted molar refractivity (Wildman–Crippen MR) is 88.4 cm³/mol. The molecule has 20 heavy (non-hydrogen) atoms. The number of nitrogens with zero attached hydrogens (tertiary/aromatic N) is 1. The lowest BCUT2D eigenvalue weighted by molar-refractivity contribution is 0.444. The first-order valence-electron chi connectivity index (χ1n) is 8.34. The quantitative estimate of drug-likeness (QED) is 0.771. The second-order valence-corrected chi connectivity index (χ2v) is 6.15. The zero-order valence-electron chi connectivity index (χ0n) is 13.1. The lowest BCUT2D eigenvalue weighted by Gasteiger charge is -2.25. The summed E-state index contributed by atoms with van der Waals surface area (Å²) in [5.74, 6) is 1.47. The molecule has 0 aromatic heterocycles. The van der Waals surface area contributed by atoms with E-state index in [1.54, 1.807) is 0 Å². The van der Waals surface area contributed by atoms with Crippen molar-refractivity contribution in [2.45, 2.75) is 51.9 Å². The van der Waals surface area contributed by atoms with Crippen molar-refractivity contribution >= 4 is 5.69 Å². The van der Waals surface area contributed by atoms with Crippen molar-refractivity contribution in [3.8, 4) is 0 Å². The van der Waals surface area contributed by atoms with Crippen LogP contribution in [-0.2, 0) is 0 Å².